The zero-order valence-corrected chi connectivity index (χ0v) is 15.7. The second-order valence-corrected chi connectivity index (χ2v) is 7.75. The molecule has 0 aromatic heterocycles. The van der Waals surface area contributed by atoms with Gasteiger partial charge in [-0.15, -0.1) is 0 Å². The van der Waals surface area contributed by atoms with E-state index in [1.807, 2.05) is 19.1 Å². The highest BCUT2D eigenvalue weighted by Crippen LogP contribution is 2.48. The molecule has 1 saturated heterocycles. The molecule has 2 aromatic carbocycles. The molecule has 1 amide bonds. The Morgan fingerprint density at radius 2 is 1.75 bits per heavy atom. The summed E-state index contributed by atoms with van der Waals surface area (Å²) in [5, 5.41) is 2.99. The van der Waals surface area contributed by atoms with Crippen LogP contribution in [0, 0.1) is 12.8 Å². The molecule has 3 nitrogen and oxygen atoms in total. The van der Waals surface area contributed by atoms with Crippen molar-refractivity contribution in [1.82, 2.24) is 0 Å². The van der Waals surface area contributed by atoms with E-state index < -0.39 is 11.7 Å². The number of rotatable bonds is 4. The van der Waals surface area contributed by atoms with Gasteiger partial charge in [0.25, 0.3) is 0 Å². The van der Waals surface area contributed by atoms with Gasteiger partial charge in [0.05, 0.1) is 5.56 Å². The molecule has 0 bridgehead atoms. The lowest BCUT2D eigenvalue weighted by molar-refractivity contribution is -0.137. The van der Waals surface area contributed by atoms with E-state index in [-0.39, 0.29) is 17.7 Å². The van der Waals surface area contributed by atoms with E-state index in [2.05, 4.69) is 16.3 Å². The second kappa shape index (κ2) is 7.15. The van der Waals surface area contributed by atoms with Crippen LogP contribution in [0.3, 0.4) is 0 Å². The van der Waals surface area contributed by atoms with Crippen LogP contribution in [0.1, 0.15) is 41.9 Å². The molecule has 28 heavy (non-hydrogen) atoms. The average molecular weight is 388 g/mol. The van der Waals surface area contributed by atoms with Gasteiger partial charge >= 0.3 is 6.18 Å². The maximum absolute atomic E-state index is 12.7. The molecule has 1 aliphatic heterocycles. The summed E-state index contributed by atoms with van der Waals surface area (Å²) >= 11 is 0. The van der Waals surface area contributed by atoms with E-state index in [1.165, 1.54) is 30.7 Å². The number of nitrogens with zero attached hydrogens (tertiary/aromatic N) is 1. The summed E-state index contributed by atoms with van der Waals surface area (Å²) in [5.74, 6) is -0.261. The number of nitrogens with one attached hydrogen (secondary N) is 1. The zero-order valence-electron chi connectivity index (χ0n) is 15.7. The lowest BCUT2D eigenvalue weighted by atomic mass is 10.1. The van der Waals surface area contributed by atoms with Crippen molar-refractivity contribution in [3.05, 3.63) is 59.2 Å². The van der Waals surface area contributed by atoms with Gasteiger partial charge in [0.15, 0.2) is 0 Å². The van der Waals surface area contributed by atoms with Crippen LogP contribution in [0.4, 0.5) is 24.5 Å². The number of anilines is 2. The van der Waals surface area contributed by atoms with Crippen molar-refractivity contribution < 1.29 is 18.0 Å². The van der Waals surface area contributed by atoms with Crippen molar-refractivity contribution in [2.45, 2.75) is 38.3 Å². The van der Waals surface area contributed by atoms with Crippen LogP contribution in [-0.4, -0.2) is 19.0 Å². The number of benzene rings is 2. The largest absolute Gasteiger partial charge is 0.416 e. The molecule has 1 heterocycles. The first kappa shape index (κ1) is 18.8. The Bertz CT molecular complexity index is 870. The number of carbonyl (C=O) groups is 1. The maximum atomic E-state index is 12.7. The summed E-state index contributed by atoms with van der Waals surface area (Å²) in [6.07, 6.45) is -1.24. The predicted octanol–water partition coefficient (Wildman–Crippen LogP) is 5.36. The molecule has 2 atom stereocenters. The average Bonchev–Trinajstić information content (AvgIpc) is 3.28. The van der Waals surface area contributed by atoms with Crippen molar-refractivity contribution in [3.63, 3.8) is 0 Å². The molecule has 0 unspecified atom stereocenters. The topological polar surface area (TPSA) is 32.3 Å². The van der Waals surface area contributed by atoms with Crippen LogP contribution in [-0.2, 0) is 11.0 Å². The minimum atomic E-state index is -4.34. The van der Waals surface area contributed by atoms with E-state index >= 15 is 0 Å². The van der Waals surface area contributed by atoms with Gasteiger partial charge in [-0.05, 0) is 73.6 Å². The Kier molecular flexibility index (Phi) is 4.81. The summed E-state index contributed by atoms with van der Waals surface area (Å²) in [7, 11) is 0. The molecule has 1 aliphatic carbocycles. The number of alkyl halides is 3. The lowest BCUT2D eigenvalue weighted by Crippen LogP contribution is -2.18. The maximum Gasteiger partial charge on any atom is 0.416 e. The molecular formula is C22H23F3N2O. The SMILES string of the molecule is Cc1cc(N2CCCC2)ccc1NC(=O)[C@H]1C[C@@H]1c1ccc(C(F)(F)F)cc1. The highest BCUT2D eigenvalue weighted by Gasteiger charge is 2.44. The number of amides is 1. The molecule has 0 radical (unpaired) electrons. The van der Waals surface area contributed by atoms with Crippen LogP contribution in [0.2, 0.25) is 0 Å². The normalized spacial score (nSPS) is 21.6. The number of aryl methyl sites for hydroxylation is 1. The fraction of sp³-hybridized carbons (Fsp3) is 0.409. The number of hydrogen-bond acceptors (Lipinski definition) is 2. The zero-order chi connectivity index (χ0) is 19.9. The fourth-order valence-corrected chi connectivity index (χ4v) is 3.96. The van der Waals surface area contributed by atoms with Gasteiger partial charge < -0.3 is 10.2 Å². The second-order valence-electron chi connectivity index (χ2n) is 7.75. The first-order valence-corrected chi connectivity index (χ1v) is 9.66. The third-order valence-corrected chi connectivity index (χ3v) is 5.73. The quantitative estimate of drug-likeness (QED) is 0.765. The van der Waals surface area contributed by atoms with E-state index in [0.29, 0.717) is 6.42 Å². The summed E-state index contributed by atoms with van der Waals surface area (Å²) in [4.78, 5) is 14.9. The lowest BCUT2D eigenvalue weighted by Gasteiger charge is -2.19. The van der Waals surface area contributed by atoms with Crippen molar-refractivity contribution in [3.8, 4) is 0 Å². The minimum absolute atomic E-state index is 0.00790. The monoisotopic (exact) mass is 388 g/mol. The summed E-state index contributed by atoms with van der Waals surface area (Å²) < 4.78 is 38.0. The Morgan fingerprint density at radius 1 is 1.07 bits per heavy atom. The van der Waals surface area contributed by atoms with Crippen molar-refractivity contribution >= 4 is 17.3 Å². The summed E-state index contributed by atoms with van der Waals surface area (Å²) in [5.41, 5.74) is 3.12. The van der Waals surface area contributed by atoms with Crippen LogP contribution in [0.25, 0.3) is 0 Å². The standard InChI is InChI=1S/C22H23F3N2O/c1-14-12-17(27-10-2-3-11-27)8-9-20(14)26-21(28)19-13-18(19)15-4-6-16(7-5-15)22(23,24)25/h4-9,12,18-19H,2-3,10-11,13H2,1H3,(H,26,28)/t18-,19+/m1/s1. The van der Waals surface area contributed by atoms with E-state index in [0.717, 1.165) is 42.0 Å². The van der Waals surface area contributed by atoms with Gasteiger partial charge in [-0.2, -0.15) is 13.2 Å². The number of hydrogen-bond donors (Lipinski definition) is 1. The molecule has 1 saturated carbocycles. The summed E-state index contributed by atoms with van der Waals surface area (Å²) in [6, 6.07) is 11.2. The Hall–Kier alpha value is -2.50. The Labute approximate surface area is 162 Å². The van der Waals surface area contributed by atoms with Gasteiger partial charge in [0.2, 0.25) is 5.91 Å². The molecular weight excluding hydrogens is 365 g/mol. The van der Waals surface area contributed by atoms with Crippen LogP contribution < -0.4 is 10.2 Å². The number of carbonyl (C=O) groups excluding carboxylic acids is 1. The summed E-state index contributed by atoms with van der Waals surface area (Å²) in [6.45, 7) is 4.12. The van der Waals surface area contributed by atoms with Crippen molar-refractivity contribution in [1.29, 1.82) is 0 Å². The smallest absolute Gasteiger partial charge is 0.372 e. The van der Waals surface area contributed by atoms with Crippen LogP contribution >= 0.6 is 0 Å². The van der Waals surface area contributed by atoms with Gasteiger partial charge in [0, 0.05) is 30.4 Å². The van der Waals surface area contributed by atoms with E-state index in [1.54, 1.807) is 0 Å². The molecule has 4 rings (SSSR count). The highest BCUT2D eigenvalue weighted by molar-refractivity contribution is 5.96. The van der Waals surface area contributed by atoms with Crippen LogP contribution in [0.15, 0.2) is 42.5 Å². The van der Waals surface area contributed by atoms with Crippen molar-refractivity contribution in [2.75, 3.05) is 23.3 Å². The third kappa shape index (κ3) is 3.86. The third-order valence-electron chi connectivity index (χ3n) is 5.73. The molecule has 2 aliphatic rings. The molecule has 2 aromatic rings. The molecule has 2 fully saturated rings. The minimum Gasteiger partial charge on any atom is -0.372 e. The van der Waals surface area contributed by atoms with Gasteiger partial charge in [-0.1, -0.05) is 12.1 Å². The molecule has 6 heteroatoms. The van der Waals surface area contributed by atoms with Crippen LogP contribution in [0.5, 0.6) is 0 Å². The van der Waals surface area contributed by atoms with E-state index in [9.17, 15) is 18.0 Å². The molecule has 148 valence electrons. The van der Waals surface area contributed by atoms with E-state index in [4.69, 9.17) is 0 Å². The Balaban J connectivity index is 1.38. The fourth-order valence-electron chi connectivity index (χ4n) is 3.96. The van der Waals surface area contributed by atoms with Gasteiger partial charge in [0.1, 0.15) is 0 Å². The van der Waals surface area contributed by atoms with Gasteiger partial charge in [-0.3, -0.25) is 4.79 Å². The highest BCUT2D eigenvalue weighted by atomic mass is 19.4. The Morgan fingerprint density at radius 3 is 2.36 bits per heavy atom. The first-order chi connectivity index (χ1) is 13.3. The predicted molar refractivity (Wildman–Crippen MR) is 104 cm³/mol. The van der Waals surface area contributed by atoms with Crippen molar-refractivity contribution in [2.24, 2.45) is 5.92 Å². The molecule has 1 N–H and O–H groups in total. The number of halogens is 3. The van der Waals surface area contributed by atoms with Gasteiger partial charge in [-0.25, -0.2) is 0 Å². The first-order valence-electron chi connectivity index (χ1n) is 9.66. The molecule has 0 spiro atoms.